The van der Waals surface area contributed by atoms with Crippen molar-refractivity contribution in [3.63, 3.8) is 0 Å². The average Bonchev–Trinajstić information content (AvgIpc) is 3.21. The van der Waals surface area contributed by atoms with Gasteiger partial charge >= 0.3 is 11.9 Å². The fourth-order valence-corrected chi connectivity index (χ4v) is 6.11. The first-order valence-corrected chi connectivity index (χ1v) is 22.0. The summed E-state index contributed by atoms with van der Waals surface area (Å²) in [7, 11) is 0. The first kappa shape index (κ1) is 52.2. The van der Waals surface area contributed by atoms with Crippen molar-refractivity contribution in [2.75, 3.05) is 19.8 Å². The van der Waals surface area contributed by atoms with Crippen LogP contribution in [0, 0.1) is 0 Å². The number of hydrogen-bond donors (Lipinski definition) is 4. The third-order valence-corrected chi connectivity index (χ3v) is 9.59. The lowest BCUT2D eigenvalue weighted by Crippen LogP contribution is -2.59. The Hall–Kier alpha value is -2.86. The zero-order valence-corrected chi connectivity index (χ0v) is 35.3. The van der Waals surface area contributed by atoms with E-state index in [1.165, 1.54) is 57.8 Å². The minimum absolute atomic E-state index is 0.105. The molecule has 1 aliphatic heterocycles. The van der Waals surface area contributed by atoms with Gasteiger partial charge in [-0.15, -0.1) is 0 Å². The number of unbranched alkanes of at least 4 members (excludes halogenated alkanes) is 12. The number of carbonyl (C=O) groups excluding carboxylic acids is 2. The smallest absolute Gasteiger partial charge is 0.306 e. The number of ether oxygens (including phenoxy) is 4. The van der Waals surface area contributed by atoms with Crippen LogP contribution in [-0.2, 0) is 28.5 Å². The molecule has 4 N–H and O–H groups in total. The maximum atomic E-state index is 12.7. The number of aliphatic hydroxyl groups excluding tert-OH is 4. The summed E-state index contributed by atoms with van der Waals surface area (Å²) in [4.78, 5) is 25.3. The molecule has 1 heterocycles. The van der Waals surface area contributed by atoms with Crippen LogP contribution in [0.2, 0.25) is 0 Å². The van der Waals surface area contributed by atoms with Gasteiger partial charge in [-0.3, -0.25) is 9.59 Å². The van der Waals surface area contributed by atoms with Crippen molar-refractivity contribution in [1.82, 2.24) is 0 Å². The molecule has 326 valence electrons. The van der Waals surface area contributed by atoms with Gasteiger partial charge < -0.3 is 39.4 Å². The molecule has 0 aliphatic carbocycles. The third kappa shape index (κ3) is 29.1. The number of esters is 2. The van der Waals surface area contributed by atoms with E-state index < -0.39 is 55.4 Å². The monoisotopic (exact) mass is 803 g/mol. The lowest BCUT2D eigenvalue weighted by atomic mass is 9.99. The molecule has 0 radical (unpaired) electrons. The second-order valence-corrected chi connectivity index (χ2v) is 14.8. The topological polar surface area (TPSA) is 152 Å². The highest BCUT2D eigenvalue weighted by atomic mass is 16.7. The van der Waals surface area contributed by atoms with E-state index in [2.05, 4.69) is 74.6 Å². The van der Waals surface area contributed by atoms with E-state index in [0.717, 1.165) is 57.8 Å². The van der Waals surface area contributed by atoms with Crippen LogP contribution in [0.3, 0.4) is 0 Å². The fraction of sp³-hybridized carbons (Fsp3) is 0.702. The molecule has 0 saturated carbocycles. The van der Waals surface area contributed by atoms with Crippen molar-refractivity contribution >= 4 is 11.9 Å². The molecule has 1 rings (SSSR count). The van der Waals surface area contributed by atoms with Crippen molar-refractivity contribution < 1.29 is 49.0 Å². The maximum Gasteiger partial charge on any atom is 0.306 e. The number of hydrogen-bond acceptors (Lipinski definition) is 10. The molecule has 0 bridgehead atoms. The van der Waals surface area contributed by atoms with Gasteiger partial charge in [0.1, 0.15) is 31.0 Å². The predicted molar refractivity (Wildman–Crippen MR) is 228 cm³/mol. The van der Waals surface area contributed by atoms with E-state index in [1.54, 1.807) is 0 Å². The van der Waals surface area contributed by atoms with Gasteiger partial charge in [0.05, 0.1) is 13.2 Å². The SMILES string of the molecule is CC/C=C\C/C=C\C/C=C\C/C=C\CCC(=O)OC(COC(=O)CCCCCCCCCCC/C=C\C/C=C\CCCCC)COC1OC(CO)C(O)C(O)C1O. The van der Waals surface area contributed by atoms with Gasteiger partial charge in [-0.05, 0) is 70.6 Å². The lowest BCUT2D eigenvalue weighted by molar-refractivity contribution is -0.305. The van der Waals surface area contributed by atoms with Crippen molar-refractivity contribution in [1.29, 1.82) is 0 Å². The predicted octanol–water partition coefficient (Wildman–Crippen LogP) is 9.22. The number of carbonyl (C=O) groups is 2. The van der Waals surface area contributed by atoms with Crippen LogP contribution in [0.1, 0.15) is 155 Å². The van der Waals surface area contributed by atoms with Crippen LogP contribution < -0.4 is 0 Å². The highest BCUT2D eigenvalue weighted by molar-refractivity contribution is 5.70. The quantitative estimate of drug-likeness (QED) is 0.0277. The Morgan fingerprint density at radius 3 is 1.63 bits per heavy atom. The molecule has 6 unspecified atom stereocenters. The fourth-order valence-electron chi connectivity index (χ4n) is 6.11. The van der Waals surface area contributed by atoms with E-state index in [1.807, 2.05) is 12.2 Å². The summed E-state index contributed by atoms with van der Waals surface area (Å²) in [5, 5.41) is 40.0. The maximum absolute atomic E-state index is 12.7. The Morgan fingerprint density at radius 2 is 1.07 bits per heavy atom. The molecule has 0 aromatic heterocycles. The number of aliphatic hydroxyl groups is 4. The molecule has 6 atom stereocenters. The van der Waals surface area contributed by atoms with Crippen LogP contribution in [0.25, 0.3) is 0 Å². The second-order valence-electron chi connectivity index (χ2n) is 14.8. The van der Waals surface area contributed by atoms with E-state index in [9.17, 15) is 30.0 Å². The van der Waals surface area contributed by atoms with Gasteiger partial charge in [-0.2, -0.15) is 0 Å². The Labute approximate surface area is 344 Å². The average molecular weight is 803 g/mol. The minimum Gasteiger partial charge on any atom is -0.462 e. The first-order chi connectivity index (χ1) is 27.8. The molecule has 1 fully saturated rings. The summed E-state index contributed by atoms with van der Waals surface area (Å²) in [5.41, 5.74) is 0. The Balaban J connectivity index is 2.36. The van der Waals surface area contributed by atoms with Crippen molar-refractivity contribution in [2.24, 2.45) is 0 Å². The molecule has 10 heteroatoms. The number of allylic oxidation sites excluding steroid dienone is 12. The van der Waals surface area contributed by atoms with Crippen LogP contribution in [0.5, 0.6) is 0 Å². The Kier molecular flexibility index (Phi) is 34.2. The molecular formula is C47H78O10. The highest BCUT2D eigenvalue weighted by Crippen LogP contribution is 2.22. The van der Waals surface area contributed by atoms with E-state index in [-0.39, 0.29) is 26.1 Å². The molecule has 0 aromatic carbocycles. The van der Waals surface area contributed by atoms with Gasteiger partial charge in [-0.1, -0.05) is 145 Å². The largest absolute Gasteiger partial charge is 0.462 e. The second kappa shape index (κ2) is 37.4. The minimum atomic E-state index is -1.61. The standard InChI is InChI=1S/C47H78O10/c1-3-5-7-9-11-13-15-17-18-19-20-21-22-24-25-27-29-31-33-35-42(49)54-38-40(39-55-47-46(53)45(52)44(51)41(37-48)57-47)56-43(50)36-34-32-30-28-26-23-16-14-12-10-8-6-4-2/h6,8,11-14,17-18,23,26,30,32,40-41,44-48,51-53H,3-5,7,9-10,15-16,19-22,24-25,27-29,31,33-39H2,1-2H3/b8-6-,13-11-,14-12-,18-17-,26-23-,32-30-. The summed E-state index contributed by atoms with van der Waals surface area (Å²) < 4.78 is 22.0. The van der Waals surface area contributed by atoms with Gasteiger partial charge in [0, 0.05) is 12.8 Å². The third-order valence-electron chi connectivity index (χ3n) is 9.59. The zero-order valence-electron chi connectivity index (χ0n) is 35.3. The molecule has 57 heavy (non-hydrogen) atoms. The Bertz CT molecular complexity index is 1160. The Morgan fingerprint density at radius 1 is 0.561 bits per heavy atom. The first-order valence-electron chi connectivity index (χ1n) is 22.0. The highest BCUT2D eigenvalue weighted by Gasteiger charge is 2.44. The van der Waals surface area contributed by atoms with Crippen molar-refractivity contribution in [3.8, 4) is 0 Å². The molecule has 0 spiro atoms. The van der Waals surface area contributed by atoms with Crippen molar-refractivity contribution in [3.05, 3.63) is 72.9 Å². The summed E-state index contributed by atoms with van der Waals surface area (Å²) in [6.07, 6.45) is 39.3. The number of rotatable bonds is 35. The summed E-state index contributed by atoms with van der Waals surface area (Å²) in [6, 6.07) is 0. The lowest BCUT2D eigenvalue weighted by Gasteiger charge is -2.39. The molecule has 10 nitrogen and oxygen atoms in total. The summed E-state index contributed by atoms with van der Waals surface area (Å²) >= 11 is 0. The van der Waals surface area contributed by atoms with Crippen LogP contribution in [-0.4, -0.2) is 89.0 Å². The van der Waals surface area contributed by atoms with E-state index >= 15 is 0 Å². The summed E-state index contributed by atoms with van der Waals surface area (Å²) in [5.74, 6) is -0.912. The van der Waals surface area contributed by atoms with E-state index in [4.69, 9.17) is 18.9 Å². The molecule has 1 saturated heterocycles. The van der Waals surface area contributed by atoms with Crippen molar-refractivity contribution in [2.45, 2.75) is 192 Å². The van der Waals surface area contributed by atoms with Gasteiger partial charge in [0.15, 0.2) is 12.4 Å². The van der Waals surface area contributed by atoms with Gasteiger partial charge in [0.25, 0.3) is 0 Å². The molecule has 0 amide bonds. The van der Waals surface area contributed by atoms with Gasteiger partial charge in [-0.25, -0.2) is 0 Å². The zero-order chi connectivity index (χ0) is 41.6. The molecule has 0 aromatic rings. The van der Waals surface area contributed by atoms with Crippen LogP contribution in [0.15, 0.2) is 72.9 Å². The van der Waals surface area contributed by atoms with E-state index in [0.29, 0.717) is 12.8 Å². The van der Waals surface area contributed by atoms with Gasteiger partial charge in [0.2, 0.25) is 0 Å². The normalized spacial score (nSPS) is 21.0. The van der Waals surface area contributed by atoms with Crippen LogP contribution >= 0.6 is 0 Å². The van der Waals surface area contributed by atoms with Crippen LogP contribution in [0.4, 0.5) is 0 Å². The summed E-state index contributed by atoms with van der Waals surface area (Å²) in [6.45, 7) is 3.19. The molecular weight excluding hydrogens is 725 g/mol. The molecule has 1 aliphatic rings.